The molecule has 0 aliphatic carbocycles. The second-order valence-electron chi connectivity index (χ2n) is 7.26. The average molecular weight is 282 g/mol. The molecule has 114 valence electrons. The van der Waals surface area contributed by atoms with Crippen molar-refractivity contribution in [3.63, 3.8) is 0 Å². The molecule has 20 heavy (non-hydrogen) atoms. The molecule has 2 rings (SSSR count). The highest BCUT2D eigenvalue weighted by Gasteiger charge is 2.43. The Labute approximate surface area is 120 Å². The maximum absolute atomic E-state index is 12.6. The van der Waals surface area contributed by atoms with Gasteiger partial charge in [0.2, 0.25) is 5.91 Å². The highest BCUT2D eigenvalue weighted by atomic mass is 16.4. The largest absolute Gasteiger partial charge is 0.481 e. The second-order valence-corrected chi connectivity index (χ2v) is 7.26. The standard InChI is InChI=1S/C15H26N2O3/c1-15(2,3)12(14(19)20)13(18)17-8-7-10-5-6-11(9-17)16(10)4/h10-12H,5-9H2,1-4H3,(H,19,20). The third-order valence-electron chi connectivity index (χ3n) is 4.82. The van der Waals surface area contributed by atoms with E-state index in [1.54, 1.807) is 4.90 Å². The van der Waals surface area contributed by atoms with Gasteiger partial charge in [-0.25, -0.2) is 0 Å². The zero-order valence-electron chi connectivity index (χ0n) is 12.9. The van der Waals surface area contributed by atoms with E-state index in [1.165, 1.54) is 6.42 Å². The van der Waals surface area contributed by atoms with Crippen LogP contribution in [-0.2, 0) is 9.59 Å². The molecule has 0 spiro atoms. The molecule has 3 atom stereocenters. The fourth-order valence-corrected chi connectivity index (χ4v) is 3.54. The Morgan fingerprint density at radius 3 is 2.30 bits per heavy atom. The van der Waals surface area contributed by atoms with Crippen molar-refractivity contribution in [2.45, 2.75) is 52.1 Å². The number of fused-ring (bicyclic) bond motifs is 2. The number of amides is 1. The molecule has 1 amide bonds. The lowest BCUT2D eigenvalue weighted by atomic mass is 9.79. The van der Waals surface area contributed by atoms with Gasteiger partial charge in [-0.05, 0) is 31.7 Å². The summed E-state index contributed by atoms with van der Waals surface area (Å²) in [4.78, 5) is 28.3. The van der Waals surface area contributed by atoms with Crippen LogP contribution in [0.15, 0.2) is 0 Å². The number of carboxylic acids is 1. The lowest BCUT2D eigenvalue weighted by molar-refractivity contribution is -0.156. The molecule has 2 fully saturated rings. The van der Waals surface area contributed by atoms with Gasteiger partial charge in [0.25, 0.3) is 0 Å². The quantitative estimate of drug-likeness (QED) is 0.778. The first-order valence-electron chi connectivity index (χ1n) is 7.45. The van der Waals surface area contributed by atoms with Crippen molar-refractivity contribution in [2.24, 2.45) is 11.3 Å². The molecular formula is C15H26N2O3. The minimum absolute atomic E-state index is 0.217. The van der Waals surface area contributed by atoms with E-state index < -0.39 is 17.3 Å². The average Bonchev–Trinajstić information content (AvgIpc) is 2.49. The van der Waals surface area contributed by atoms with Crippen molar-refractivity contribution in [1.82, 2.24) is 9.80 Å². The summed E-state index contributed by atoms with van der Waals surface area (Å²) in [6.45, 7) is 6.81. The number of likely N-dealkylation sites (N-methyl/N-ethyl adjacent to an activating group) is 1. The van der Waals surface area contributed by atoms with E-state index in [-0.39, 0.29) is 5.91 Å². The maximum Gasteiger partial charge on any atom is 0.316 e. The van der Waals surface area contributed by atoms with Crippen LogP contribution < -0.4 is 0 Å². The number of hydrogen-bond acceptors (Lipinski definition) is 3. The van der Waals surface area contributed by atoms with E-state index in [1.807, 2.05) is 20.8 Å². The smallest absolute Gasteiger partial charge is 0.316 e. The van der Waals surface area contributed by atoms with Crippen molar-refractivity contribution < 1.29 is 14.7 Å². The first-order chi connectivity index (χ1) is 9.21. The molecule has 5 heteroatoms. The molecule has 2 aliphatic heterocycles. The van der Waals surface area contributed by atoms with Crippen LogP contribution in [0.1, 0.15) is 40.0 Å². The molecule has 2 bridgehead atoms. The van der Waals surface area contributed by atoms with Crippen LogP contribution in [0.3, 0.4) is 0 Å². The molecule has 1 N–H and O–H groups in total. The molecule has 2 aliphatic rings. The van der Waals surface area contributed by atoms with Gasteiger partial charge in [-0.15, -0.1) is 0 Å². The topological polar surface area (TPSA) is 60.9 Å². The second kappa shape index (κ2) is 5.35. The number of rotatable bonds is 2. The monoisotopic (exact) mass is 282 g/mol. The molecule has 2 saturated heterocycles. The number of carbonyl (C=O) groups is 2. The molecule has 0 aromatic carbocycles. The highest BCUT2D eigenvalue weighted by Crippen LogP contribution is 2.32. The summed E-state index contributed by atoms with van der Waals surface area (Å²) in [5.74, 6) is -2.18. The summed E-state index contributed by atoms with van der Waals surface area (Å²) in [6, 6.07) is 0.941. The van der Waals surface area contributed by atoms with E-state index in [2.05, 4.69) is 11.9 Å². The molecule has 2 heterocycles. The zero-order chi connectivity index (χ0) is 15.1. The van der Waals surface area contributed by atoms with E-state index in [4.69, 9.17) is 0 Å². The Morgan fingerprint density at radius 1 is 1.15 bits per heavy atom. The van der Waals surface area contributed by atoms with Crippen molar-refractivity contribution in [3.8, 4) is 0 Å². The lowest BCUT2D eigenvalue weighted by Gasteiger charge is -2.33. The third kappa shape index (κ3) is 2.82. The molecule has 0 aromatic rings. The summed E-state index contributed by atoms with van der Waals surface area (Å²) in [6.07, 6.45) is 3.26. The summed E-state index contributed by atoms with van der Waals surface area (Å²) in [7, 11) is 2.12. The van der Waals surface area contributed by atoms with Crippen molar-refractivity contribution in [2.75, 3.05) is 20.1 Å². The number of hydrogen-bond donors (Lipinski definition) is 1. The number of carbonyl (C=O) groups excluding carboxylic acids is 1. The van der Waals surface area contributed by atoms with Crippen molar-refractivity contribution >= 4 is 11.9 Å². The van der Waals surface area contributed by atoms with Crippen LogP contribution in [0, 0.1) is 11.3 Å². The predicted molar refractivity (Wildman–Crippen MR) is 76.4 cm³/mol. The Morgan fingerprint density at radius 2 is 1.75 bits per heavy atom. The fraction of sp³-hybridized carbons (Fsp3) is 0.867. The Bertz CT molecular complexity index is 402. The molecular weight excluding hydrogens is 256 g/mol. The Kier molecular flexibility index (Phi) is 4.09. The van der Waals surface area contributed by atoms with Crippen molar-refractivity contribution in [3.05, 3.63) is 0 Å². The fourth-order valence-electron chi connectivity index (χ4n) is 3.54. The number of aliphatic carboxylic acids is 1. The molecule has 0 radical (unpaired) electrons. The van der Waals surface area contributed by atoms with Gasteiger partial charge in [-0.1, -0.05) is 20.8 Å². The SMILES string of the molecule is CN1C2CCC1CN(C(=O)C(C(=O)O)C(C)(C)C)CC2. The summed E-state index contributed by atoms with van der Waals surface area (Å²) >= 11 is 0. The molecule has 0 saturated carbocycles. The lowest BCUT2D eigenvalue weighted by Crippen LogP contribution is -2.48. The Hall–Kier alpha value is -1.10. The maximum atomic E-state index is 12.6. The van der Waals surface area contributed by atoms with E-state index >= 15 is 0 Å². The van der Waals surface area contributed by atoms with Crippen LogP contribution >= 0.6 is 0 Å². The minimum atomic E-state index is -1.01. The Balaban J connectivity index is 2.14. The van der Waals surface area contributed by atoms with Gasteiger partial charge in [0, 0.05) is 25.2 Å². The van der Waals surface area contributed by atoms with Gasteiger partial charge in [0.1, 0.15) is 5.92 Å². The van der Waals surface area contributed by atoms with Crippen LogP contribution in [0.5, 0.6) is 0 Å². The van der Waals surface area contributed by atoms with E-state index in [0.29, 0.717) is 25.2 Å². The summed E-state index contributed by atoms with van der Waals surface area (Å²) in [5.41, 5.74) is -0.555. The van der Waals surface area contributed by atoms with Gasteiger partial charge >= 0.3 is 5.97 Å². The van der Waals surface area contributed by atoms with Gasteiger partial charge in [0.05, 0.1) is 0 Å². The van der Waals surface area contributed by atoms with Crippen molar-refractivity contribution in [1.29, 1.82) is 0 Å². The summed E-state index contributed by atoms with van der Waals surface area (Å²) in [5, 5.41) is 9.41. The van der Waals surface area contributed by atoms with Crippen LogP contribution in [0.2, 0.25) is 0 Å². The predicted octanol–water partition coefficient (Wildman–Crippen LogP) is 1.43. The zero-order valence-corrected chi connectivity index (χ0v) is 12.9. The molecule has 5 nitrogen and oxygen atoms in total. The minimum Gasteiger partial charge on any atom is -0.481 e. The van der Waals surface area contributed by atoms with Crippen LogP contribution in [0.25, 0.3) is 0 Å². The normalized spacial score (nSPS) is 29.1. The first-order valence-corrected chi connectivity index (χ1v) is 7.45. The molecule has 3 unspecified atom stereocenters. The van der Waals surface area contributed by atoms with Gasteiger partial charge in [-0.3, -0.25) is 14.5 Å². The number of likely N-dealkylation sites (tertiary alicyclic amines) is 1. The third-order valence-corrected chi connectivity index (χ3v) is 4.82. The van der Waals surface area contributed by atoms with E-state index in [0.717, 1.165) is 12.8 Å². The summed E-state index contributed by atoms with van der Waals surface area (Å²) < 4.78 is 0. The number of nitrogens with zero attached hydrogens (tertiary/aromatic N) is 2. The van der Waals surface area contributed by atoms with Gasteiger partial charge in [0.15, 0.2) is 0 Å². The number of carboxylic acid groups (broad SMARTS) is 1. The van der Waals surface area contributed by atoms with Crippen LogP contribution in [-0.4, -0.2) is 59.0 Å². The highest BCUT2D eigenvalue weighted by molar-refractivity contribution is 5.97. The molecule has 0 aromatic heterocycles. The van der Waals surface area contributed by atoms with Crippen LogP contribution in [0.4, 0.5) is 0 Å². The van der Waals surface area contributed by atoms with E-state index in [9.17, 15) is 14.7 Å². The van der Waals surface area contributed by atoms with Gasteiger partial charge < -0.3 is 10.0 Å². The van der Waals surface area contributed by atoms with Gasteiger partial charge in [-0.2, -0.15) is 0 Å². The first kappa shape index (κ1) is 15.3.